The van der Waals surface area contributed by atoms with E-state index in [1.807, 2.05) is 41.9 Å². The molecule has 31 heavy (non-hydrogen) atoms. The Morgan fingerprint density at radius 1 is 0.903 bits per heavy atom. The van der Waals surface area contributed by atoms with Crippen LogP contribution in [-0.4, -0.2) is 15.5 Å². The quantitative estimate of drug-likeness (QED) is 0.242. The van der Waals surface area contributed by atoms with Gasteiger partial charge in [0, 0.05) is 16.9 Å². The zero-order valence-electron chi connectivity index (χ0n) is 17.0. The lowest BCUT2D eigenvalue weighted by atomic mass is 10.0. The highest BCUT2D eigenvalue weighted by atomic mass is 32.1. The van der Waals surface area contributed by atoms with Crippen LogP contribution in [0, 0.1) is 0 Å². The number of thiophene rings is 1. The molecule has 0 fully saturated rings. The minimum absolute atomic E-state index is 0.761. The van der Waals surface area contributed by atoms with Crippen LogP contribution in [0.2, 0.25) is 0 Å². The van der Waals surface area contributed by atoms with Crippen molar-refractivity contribution in [2.45, 2.75) is 13.3 Å². The highest BCUT2D eigenvalue weighted by molar-refractivity contribution is 7.11. The average molecular weight is 441 g/mol. The lowest BCUT2D eigenvalue weighted by Crippen LogP contribution is -2.14. The molecule has 0 aliphatic rings. The van der Waals surface area contributed by atoms with Gasteiger partial charge in [-0.15, -0.1) is 16.4 Å². The summed E-state index contributed by atoms with van der Waals surface area (Å²) in [4.78, 5) is 2.05. The summed E-state index contributed by atoms with van der Waals surface area (Å²) < 4.78 is 1.88. The summed E-state index contributed by atoms with van der Waals surface area (Å²) in [6, 6.07) is 28.9. The number of para-hydroxylation sites is 1. The highest BCUT2D eigenvalue weighted by Crippen LogP contribution is 2.19. The minimum atomic E-state index is 0.761. The minimum Gasteiger partial charge on any atom is -0.204 e. The maximum atomic E-state index is 4.83. The number of hydrogen-bond donors (Lipinski definition) is 0. The largest absolute Gasteiger partial charge is 0.233 e. The number of hydrogen-bond acceptors (Lipinski definition) is 5. The molecule has 2 aromatic heterocycles. The second kappa shape index (κ2) is 8.79. The molecule has 4 nitrogen and oxygen atoms in total. The van der Waals surface area contributed by atoms with Gasteiger partial charge in [-0.05, 0) is 41.3 Å². The average Bonchev–Trinajstić information content (AvgIpc) is 3.48. The summed E-state index contributed by atoms with van der Waals surface area (Å²) in [5.74, 6) is 0. The molecule has 5 aromatic rings. The van der Waals surface area contributed by atoms with Crippen molar-refractivity contribution in [2.24, 2.45) is 10.2 Å². The van der Waals surface area contributed by atoms with Gasteiger partial charge in [-0.1, -0.05) is 78.1 Å². The van der Waals surface area contributed by atoms with Crippen LogP contribution < -0.4 is 4.80 Å². The maximum absolute atomic E-state index is 4.83. The molecular formula is C25H20N4S2. The summed E-state index contributed by atoms with van der Waals surface area (Å²) >= 11 is 3.32. The predicted octanol–water partition coefficient (Wildman–Crippen LogP) is 6.06. The Labute approximate surface area is 188 Å². The number of rotatable bonds is 5. The Hall–Kier alpha value is -3.35. The molecule has 0 spiro atoms. The third-order valence-corrected chi connectivity index (χ3v) is 6.75. The molecule has 2 heterocycles. The van der Waals surface area contributed by atoms with Crippen LogP contribution in [0.3, 0.4) is 0 Å². The van der Waals surface area contributed by atoms with E-state index in [1.165, 1.54) is 15.6 Å². The van der Waals surface area contributed by atoms with Gasteiger partial charge in [0.1, 0.15) is 5.01 Å². The molecule has 0 atom stereocenters. The molecule has 0 aliphatic carbocycles. The summed E-state index contributed by atoms with van der Waals surface area (Å²) in [6.07, 6.45) is 0.802. The van der Waals surface area contributed by atoms with Crippen molar-refractivity contribution in [1.82, 2.24) is 9.78 Å². The van der Waals surface area contributed by atoms with Gasteiger partial charge in [-0.3, -0.25) is 0 Å². The van der Waals surface area contributed by atoms with Gasteiger partial charge in [0.05, 0.1) is 11.4 Å². The van der Waals surface area contributed by atoms with E-state index in [-0.39, 0.29) is 0 Å². The van der Waals surface area contributed by atoms with Crippen LogP contribution in [0.25, 0.3) is 16.5 Å². The van der Waals surface area contributed by atoms with Gasteiger partial charge in [-0.2, -0.15) is 10.2 Å². The predicted molar refractivity (Wildman–Crippen MR) is 130 cm³/mol. The zero-order valence-corrected chi connectivity index (χ0v) is 18.6. The van der Waals surface area contributed by atoms with E-state index in [2.05, 4.69) is 70.2 Å². The third-order valence-electron chi connectivity index (χ3n) is 4.97. The zero-order chi connectivity index (χ0) is 21.0. The number of fused-ring (bicyclic) bond motifs is 1. The van der Waals surface area contributed by atoms with Crippen molar-refractivity contribution in [2.75, 3.05) is 0 Å². The smallest absolute Gasteiger partial charge is 0.204 e. The first-order valence-electron chi connectivity index (χ1n) is 10.0. The van der Waals surface area contributed by atoms with E-state index < -0.39 is 0 Å². The van der Waals surface area contributed by atoms with Crippen LogP contribution in [0.4, 0.5) is 0 Å². The standard InChI is InChI=1S/C25H20N4S2/c1-18(22-15-7-10-19-9-5-6-14-23(19)22)26-27-25-29(20-11-3-2-4-12-20)28-24(31-25)17-21-13-8-16-30-21/h2-16H,17H2,1H3/b26-18+,27-25+. The van der Waals surface area contributed by atoms with Crippen LogP contribution in [0.1, 0.15) is 22.4 Å². The van der Waals surface area contributed by atoms with Gasteiger partial charge in [0.25, 0.3) is 0 Å². The molecule has 0 N–H and O–H groups in total. The van der Waals surface area contributed by atoms with Gasteiger partial charge in [0.15, 0.2) is 0 Å². The molecule has 3 aromatic carbocycles. The topological polar surface area (TPSA) is 42.5 Å². The van der Waals surface area contributed by atoms with E-state index in [1.54, 1.807) is 22.7 Å². The lowest BCUT2D eigenvalue weighted by Gasteiger charge is -2.04. The Morgan fingerprint density at radius 3 is 2.55 bits per heavy atom. The normalized spacial score (nSPS) is 12.5. The van der Waals surface area contributed by atoms with Gasteiger partial charge < -0.3 is 0 Å². The van der Waals surface area contributed by atoms with Gasteiger partial charge in [-0.25, -0.2) is 4.68 Å². The van der Waals surface area contributed by atoms with Crippen LogP contribution in [-0.2, 0) is 6.42 Å². The number of benzene rings is 3. The van der Waals surface area contributed by atoms with Gasteiger partial charge >= 0.3 is 0 Å². The summed E-state index contributed by atoms with van der Waals surface area (Å²) in [5.41, 5.74) is 2.95. The van der Waals surface area contributed by atoms with Crippen molar-refractivity contribution in [3.05, 3.63) is 111 Å². The van der Waals surface area contributed by atoms with Crippen LogP contribution >= 0.6 is 22.7 Å². The molecule has 0 radical (unpaired) electrons. The second-order valence-corrected chi connectivity index (χ2v) is 9.17. The molecule has 0 aliphatic heterocycles. The van der Waals surface area contributed by atoms with E-state index in [9.17, 15) is 0 Å². The monoisotopic (exact) mass is 440 g/mol. The van der Waals surface area contributed by atoms with E-state index >= 15 is 0 Å². The molecule has 152 valence electrons. The lowest BCUT2D eigenvalue weighted by molar-refractivity contribution is 0.801. The Balaban J connectivity index is 1.58. The maximum Gasteiger partial charge on any atom is 0.233 e. The third kappa shape index (κ3) is 4.26. The van der Waals surface area contributed by atoms with E-state index in [0.717, 1.165) is 33.2 Å². The first kappa shape index (κ1) is 19.6. The number of nitrogens with zero attached hydrogens (tertiary/aromatic N) is 4. The Morgan fingerprint density at radius 2 is 1.71 bits per heavy atom. The van der Waals surface area contributed by atoms with Crippen molar-refractivity contribution < 1.29 is 0 Å². The van der Waals surface area contributed by atoms with Crippen molar-refractivity contribution in [3.8, 4) is 5.69 Å². The molecule has 0 saturated heterocycles. The first-order chi connectivity index (χ1) is 15.3. The number of aromatic nitrogens is 2. The van der Waals surface area contributed by atoms with Crippen molar-refractivity contribution in [1.29, 1.82) is 0 Å². The second-order valence-electron chi connectivity index (χ2n) is 7.09. The summed E-state index contributed by atoms with van der Waals surface area (Å²) in [7, 11) is 0. The molecule has 0 bridgehead atoms. The van der Waals surface area contributed by atoms with E-state index in [0.29, 0.717) is 0 Å². The molecule has 0 saturated carbocycles. The first-order valence-corrected chi connectivity index (χ1v) is 11.7. The van der Waals surface area contributed by atoms with Crippen molar-refractivity contribution in [3.63, 3.8) is 0 Å². The molecular weight excluding hydrogens is 420 g/mol. The highest BCUT2D eigenvalue weighted by Gasteiger charge is 2.09. The molecule has 0 unspecified atom stereocenters. The SMILES string of the molecule is C/C(=N\N=c1\sc(Cc2cccs2)nn1-c1ccccc1)c1cccc2ccccc12. The molecule has 6 heteroatoms. The van der Waals surface area contributed by atoms with Crippen molar-refractivity contribution >= 4 is 39.2 Å². The Kier molecular flexibility index (Phi) is 5.56. The van der Waals surface area contributed by atoms with Crippen LogP contribution in [0.5, 0.6) is 0 Å². The summed E-state index contributed by atoms with van der Waals surface area (Å²) in [5, 5.41) is 19.6. The Bertz CT molecular complexity index is 1410. The molecule has 5 rings (SSSR count). The summed E-state index contributed by atoms with van der Waals surface area (Å²) in [6.45, 7) is 2.01. The fourth-order valence-electron chi connectivity index (χ4n) is 3.47. The fraction of sp³-hybridized carbons (Fsp3) is 0.0800. The van der Waals surface area contributed by atoms with Crippen LogP contribution in [0.15, 0.2) is 101 Å². The van der Waals surface area contributed by atoms with Gasteiger partial charge in [0.2, 0.25) is 4.80 Å². The van der Waals surface area contributed by atoms with E-state index in [4.69, 9.17) is 5.10 Å². The fourth-order valence-corrected chi connectivity index (χ4v) is 5.15. The molecule has 0 amide bonds.